The number of nitro benzene ring substituents is 1. The van der Waals surface area contributed by atoms with Crippen LogP contribution in [-0.4, -0.2) is 21.3 Å². The van der Waals surface area contributed by atoms with Gasteiger partial charge < -0.3 is 15.2 Å². The summed E-state index contributed by atoms with van der Waals surface area (Å²) in [6, 6.07) is 9.82. The lowest BCUT2D eigenvalue weighted by molar-refractivity contribution is -0.384. The lowest BCUT2D eigenvalue weighted by Gasteiger charge is -2.23. The number of nitrogens with zero attached hydrogens (tertiary/aromatic N) is 3. The van der Waals surface area contributed by atoms with E-state index >= 15 is 0 Å². The van der Waals surface area contributed by atoms with Gasteiger partial charge in [-0.25, -0.2) is 4.68 Å². The number of benzene rings is 2. The molecule has 0 aliphatic carbocycles. The van der Waals surface area contributed by atoms with Crippen LogP contribution in [-0.2, 0) is 4.74 Å². The second kappa shape index (κ2) is 6.88. The lowest BCUT2D eigenvalue weighted by Crippen LogP contribution is -2.19. The fourth-order valence-electron chi connectivity index (χ4n) is 3.45. The van der Waals surface area contributed by atoms with Crippen molar-refractivity contribution in [3.8, 4) is 11.5 Å². The molecule has 0 spiro atoms. The normalized spacial score (nSPS) is 17.1. The molecule has 3 aromatic rings. The Balaban J connectivity index is 1.71. The van der Waals surface area contributed by atoms with Gasteiger partial charge in [0.25, 0.3) is 5.69 Å². The van der Waals surface area contributed by atoms with E-state index in [9.17, 15) is 10.1 Å². The van der Waals surface area contributed by atoms with Gasteiger partial charge in [0.05, 0.1) is 21.9 Å². The van der Waals surface area contributed by atoms with Gasteiger partial charge in [0.1, 0.15) is 11.5 Å². The molecule has 2 heterocycles. The summed E-state index contributed by atoms with van der Waals surface area (Å²) in [4.78, 5) is 10.5. The van der Waals surface area contributed by atoms with E-state index in [2.05, 4.69) is 5.10 Å². The van der Waals surface area contributed by atoms with Crippen molar-refractivity contribution in [3.05, 3.63) is 52.1 Å². The van der Waals surface area contributed by atoms with Crippen molar-refractivity contribution in [3.63, 3.8) is 0 Å². The predicted octanol–water partition coefficient (Wildman–Crippen LogP) is 4.33. The molecule has 2 N–H and O–H groups in total. The van der Waals surface area contributed by atoms with Gasteiger partial charge in [-0.15, -0.1) is 0 Å². The molecule has 8 heteroatoms. The first kappa shape index (κ1) is 17.3. The summed E-state index contributed by atoms with van der Waals surface area (Å²) in [5.41, 5.74) is 7.88. The minimum Gasteiger partial charge on any atom is -0.457 e. The van der Waals surface area contributed by atoms with Crippen LogP contribution in [0.3, 0.4) is 0 Å². The monoisotopic (exact) mass is 368 g/mol. The molecule has 1 aliphatic rings. The maximum absolute atomic E-state index is 11.0. The molecule has 1 fully saturated rings. The van der Waals surface area contributed by atoms with E-state index < -0.39 is 4.92 Å². The number of aromatic nitrogens is 2. The van der Waals surface area contributed by atoms with Gasteiger partial charge in [-0.05, 0) is 44.4 Å². The van der Waals surface area contributed by atoms with E-state index in [0.29, 0.717) is 17.3 Å². The Hall–Kier alpha value is -3.13. The molecule has 1 atom stereocenters. The Morgan fingerprint density at radius 2 is 2.19 bits per heavy atom. The summed E-state index contributed by atoms with van der Waals surface area (Å²) in [6.07, 6.45) is 2.95. The highest BCUT2D eigenvalue weighted by molar-refractivity contribution is 5.93. The number of rotatable bonds is 4. The Bertz CT molecular complexity index is 1010. The summed E-state index contributed by atoms with van der Waals surface area (Å²) in [5.74, 6) is 1.40. The molecule has 0 amide bonds. The molecular formula is C19H20N4O4. The first-order chi connectivity index (χ1) is 13.0. The van der Waals surface area contributed by atoms with Gasteiger partial charge in [0.15, 0.2) is 12.0 Å². The van der Waals surface area contributed by atoms with E-state index in [4.69, 9.17) is 15.2 Å². The molecule has 4 rings (SSSR count). The van der Waals surface area contributed by atoms with E-state index in [0.717, 1.165) is 42.3 Å². The van der Waals surface area contributed by atoms with Gasteiger partial charge in [0, 0.05) is 18.2 Å². The Kier molecular flexibility index (Phi) is 4.41. The van der Waals surface area contributed by atoms with Crippen molar-refractivity contribution in [1.29, 1.82) is 0 Å². The summed E-state index contributed by atoms with van der Waals surface area (Å²) >= 11 is 0. The van der Waals surface area contributed by atoms with Gasteiger partial charge in [-0.3, -0.25) is 10.1 Å². The van der Waals surface area contributed by atoms with Crippen molar-refractivity contribution in [1.82, 2.24) is 9.78 Å². The van der Waals surface area contributed by atoms with Crippen LogP contribution in [0.15, 0.2) is 36.4 Å². The third kappa shape index (κ3) is 3.19. The molecule has 1 aliphatic heterocycles. The van der Waals surface area contributed by atoms with Crippen LogP contribution in [0, 0.1) is 17.0 Å². The Morgan fingerprint density at radius 3 is 2.93 bits per heavy atom. The minimum atomic E-state index is -0.449. The third-order valence-corrected chi connectivity index (χ3v) is 4.80. The van der Waals surface area contributed by atoms with Crippen LogP contribution in [0.2, 0.25) is 0 Å². The molecule has 2 aromatic carbocycles. The van der Waals surface area contributed by atoms with Crippen molar-refractivity contribution in [2.24, 2.45) is 0 Å². The maximum atomic E-state index is 11.0. The van der Waals surface area contributed by atoms with Gasteiger partial charge in [0.2, 0.25) is 0 Å². The van der Waals surface area contributed by atoms with E-state index in [1.165, 1.54) is 12.1 Å². The fourth-order valence-corrected chi connectivity index (χ4v) is 3.45. The standard InChI is InChI=1S/C19H20N4O4/c1-12-16(27-14-6-4-5-13(11-14)23(24)25)9-8-15-18(12)19(20)21-22(15)17-7-2-3-10-26-17/h4-6,8-9,11,17H,2-3,7,10H2,1H3,(H2,20,21)/t17-/m0/s1. The summed E-state index contributed by atoms with van der Waals surface area (Å²) < 4.78 is 13.6. The molecule has 27 heavy (non-hydrogen) atoms. The average molecular weight is 368 g/mol. The quantitative estimate of drug-likeness (QED) is 0.543. The zero-order chi connectivity index (χ0) is 19.0. The molecule has 1 aromatic heterocycles. The summed E-state index contributed by atoms with van der Waals surface area (Å²) in [5, 5.41) is 16.3. The fraction of sp³-hybridized carbons (Fsp3) is 0.316. The van der Waals surface area contributed by atoms with Crippen LogP contribution in [0.5, 0.6) is 11.5 Å². The van der Waals surface area contributed by atoms with E-state index in [1.807, 2.05) is 23.7 Å². The van der Waals surface area contributed by atoms with Crippen LogP contribution < -0.4 is 10.5 Å². The number of nitrogens with two attached hydrogens (primary N) is 1. The number of nitro groups is 1. The number of nitrogen functional groups attached to an aromatic ring is 1. The number of aryl methyl sites for hydroxylation is 1. The first-order valence-electron chi connectivity index (χ1n) is 8.86. The number of fused-ring (bicyclic) bond motifs is 1. The van der Waals surface area contributed by atoms with Gasteiger partial charge >= 0.3 is 0 Å². The summed E-state index contributed by atoms with van der Waals surface area (Å²) in [7, 11) is 0. The van der Waals surface area contributed by atoms with Crippen molar-refractivity contribution >= 4 is 22.4 Å². The zero-order valence-corrected chi connectivity index (χ0v) is 14.9. The van der Waals surface area contributed by atoms with Crippen molar-refractivity contribution in [2.75, 3.05) is 12.3 Å². The third-order valence-electron chi connectivity index (χ3n) is 4.80. The molecular weight excluding hydrogens is 348 g/mol. The first-order valence-corrected chi connectivity index (χ1v) is 8.86. The van der Waals surface area contributed by atoms with E-state index in [1.54, 1.807) is 12.1 Å². The van der Waals surface area contributed by atoms with Crippen molar-refractivity contribution in [2.45, 2.75) is 32.4 Å². The Morgan fingerprint density at radius 1 is 1.33 bits per heavy atom. The highest BCUT2D eigenvalue weighted by atomic mass is 16.6. The number of ether oxygens (including phenoxy) is 2. The van der Waals surface area contributed by atoms with Crippen LogP contribution in [0.25, 0.3) is 10.9 Å². The molecule has 0 radical (unpaired) electrons. The smallest absolute Gasteiger partial charge is 0.273 e. The highest BCUT2D eigenvalue weighted by Crippen LogP contribution is 2.36. The minimum absolute atomic E-state index is 0.0204. The number of anilines is 1. The second-order valence-corrected chi connectivity index (χ2v) is 6.59. The second-order valence-electron chi connectivity index (χ2n) is 6.59. The number of hydrogen-bond donors (Lipinski definition) is 1. The van der Waals surface area contributed by atoms with Crippen LogP contribution in [0.1, 0.15) is 31.1 Å². The molecule has 0 unspecified atom stereocenters. The number of non-ortho nitro benzene ring substituents is 1. The SMILES string of the molecule is Cc1c(Oc2cccc([N+](=O)[O-])c2)ccc2c1c(N)nn2[C@@H]1CCCCO1. The van der Waals surface area contributed by atoms with Gasteiger partial charge in [-0.1, -0.05) is 6.07 Å². The Labute approximate surface area is 155 Å². The van der Waals surface area contributed by atoms with Crippen LogP contribution >= 0.6 is 0 Å². The largest absolute Gasteiger partial charge is 0.457 e. The molecule has 0 bridgehead atoms. The molecule has 8 nitrogen and oxygen atoms in total. The molecule has 0 saturated carbocycles. The van der Waals surface area contributed by atoms with Crippen molar-refractivity contribution < 1.29 is 14.4 Å². The topological polar surface area (TPSA) is 105 Å². The van der Waals surface area contributed by atoms with Crippen LogP contribution in [0.4, 0.5) is 11.5 Å². The summed E-state index contributed by atoms with van der Waals surface area (Å²) in [6.45, 7) is 2.62. The average Bonchev–Trinajstić information content (AvgIpc) is 3.02. The highest BCUT2D eigenvalue weighted by Gasteiger charge is 2.22. The van der Waals surface area contributed by atoms with Gasteiger partial charge in [-0.2, -0.15) is 5.10 Å². The predicted molar refractivity (Wildman–Crippen MR) is 101 cm³/mol. The lowest BCUT2D eigenvalue weighted by atomic mass is 10.1. The zero-order valence-electron chi connectivity index (χ0n) is 14.9. The number of hydrogen-bond acceptors (Lipinski definition) is 6. The molecule has 1 saturated heterocycles. The maximum Gasteiger partial charge on any atom is 0.273 e. The van der Waals surface area contributed by atoms with E-state index in [-0.39, 0.29) is 11.9 Å². The molecule has 140 valence electrons.